The van der Waals surface area contributed by atoms with Gasteiger partial charge in [0.2, 0.25) is 0 Å². The van der Waals surface area contributed by atoms with Crippen molar-refractivity contribution in [3.8, 4) is 28.0 Å². The van der Waals surface area contributed by atoms with Gasteiger partial charge in [-0.15, -0.1) is 0 Å². The summed E-state index contributed by atoms with van der Waals surface area (Å²) in [5.74, 6) is -0.0441. The number of nitrogens with zero attached hydrogens (tertiary/aromatic N) is 1. The Bertz CT molecular complexity index is 1520. The van der Waals surface area contributed by atoms with Crippen LogP contribution in [-0.4, -0.2) is 4.98 Å². The molecule has 0 aliphatic carbocycles. The number of fused-ring (bicyclic) bond motifs is 2. The van der Waals surface area contributed by atoms with E-state index in [1.807, 2.05) is 68.4 Å². The largest absolute Gasteiger partial charge is 0.297 e. The van der Waals surface area contributed by atoms with Crippen LogP contribution in [-0.2, 0) is 0 Å². The molecule has 5 rings (SSSR count). The molecule has 0 amide bonds. The van der Waals surface area contributed by atoms with Crippen molar-refractivity contribution in [2.75, 3.05) is 0 Å². The highest BCUT2D eigenvalue weighted by Gasteiger charge is 2.25. The van der Waals surface area contributed by atoms with Crippen molar-refractivity contribution < 1.29 is 28.5 Å². The van der Waals surface area contributed by atoms with Gasteiger partial charge in [0.05, 0.1) is 16.4 Å². The summed E-state index contributed by atoms with van der Waals surface area (Å²) in [5, 5.41) is 1.27. The number of halogens is 1. The smallest absolute Gasteiger partial charge is 0.246 e. The van der Waals surface area contributed by atoms with E-state index < -0.39 is 10.2 Å². The number of rotatable bonds is 4. The predicted octanol–water partition coefficient (Wildman–Crippen LogP) is 3.92. The van der Waals surface area contributed by atoms with Gasteiger partial charge in [-0.1, -0.05) is 70.5 Å². The zero-order valence-electron chi connectivity index (χ0n) is 19.0. The summed E-state index contributed by atoms with van der Waals surface area (Å²) in [6, 6.07) is 25.2. The lowest BCUT2D eigenvalue weighted by Gasteiger charge is -2.17. The average molecular weight is 472 g/mol. The van der Waals surface area contributed by atoms with Gasteiger partial charge in [-0.2, -0.15) is 14.0 Å². The predicted molar refractivity (Wildman–Crippen MR) is 125 cm³/mol. The number of benzene rings is 4. The Morgan fingerprint density at radius 2 is 1.41 bits per heavy atom. The molecule has 1 heterocycles. The first kappa shape index (κ1) is 22.3. The van der Waals surface area contributed by atoms with Crippen molar-refractivity contribution in [3.05, 3.63) is 95.6 Å². The molecule has 0 spiro atoms. The normalized spacial score (nSPS) is 11.8. The van der Waals surface area contributed by atoms with E-state index in [0.717, 1.165) is 49.8 Å². The van der Waals surface area contributed by atoms with Gasteiger partial charge in [0.25, 0.3) is 5.75 Å². The van der Waals surface area contributed by atoms with Gasteiger partial charge in [-0.25, -0.2) is 4.98 Å². The van der Waals surface area contributed by atoms with Crippen molar-refractivity contribution in [1.29, 1.82) is 0 Å². The quantitative estimate of drug-likeness (QED) is 0.370. The molecular formula is C28H22ClNO4. The molecule has 6 heteroatoms. The zero-order valence-corrected chi connectivity index (χ0v) is 19.7. The van der Waals surface area contributed by atoms with Crippen molar-refractivity contribution in [3.63, 3.8) is 0 Å². The lowest BCUT2D eigenvalue weighted by molar-refractivity contribution is -1.91. The summed E-state index contributed by atoms with van der Waals surface area (Å²) < 4.78 is 39.1. The Hall–Kier alpha value is -3.48. The number of hydrogen-bond donors (Lipinski definition) is 0. The lowest BCUT2D eigenvalue weighted by Crippen LogP contribution is -2.63. The monoisotopic (exact) mass is 471 g/mol. The second kappa shape index (κ2) is 8.38. The standard InChI is InChI=1S/C28H22ClNO4/c1-17-14-18(2)26(19(3)15-17)23-12-13-25(34-29(31,32)33)24-16-21-10-7-11-22(27(21)30-28(23)24)20-8-5-4-6-9-20/h4-16H,1-3H3. The molecule has 0 aliphatic rings. The van der Waals surface area contributed by atoms with Crippen LogP contribution in [0.1, 0.15) is 16.7 Å². The van der Waals surface area contributed by atoms with Gasteiger partial charge in [-0.3, -0.25) is 0 Å². The molecule has 0 fully saturated rings. The molecule has 5 aromatic rings. The first-order valence-corrected chi connectivity index (χ1v) is 12.1. The first-order valence-electron chi connectivity index (χ1n) is 10.8. The van der Waals surface area contributed by atoms with E-state index in [4.69, 9.17) is 9.27 Å². The minimum atomic E-state index is -4.65. The van der Waals surface area contributed by atoms with Crippen molar-refractivity contribution in [2.24, 2.45) is 0 Å². The molecule has 5 nitrogen and oxygen atoms in total. The topological polar surface area (TPSA) is 91.3 Å². The molecule has 4 aromatic carbocycles. The van der Waals surface area contributed by atoms with Gasteiger partial charge in [0.1, 0.15) is 10.2 Å². The third-order valence-electron chi connectivity index (χ3n) is 5.98. The number of hydrogen-bond acceptors (Lipinski definition) is 5. The van der Waals surface area contributed by atoms with Crippen LogP contribution in [0.5, 0.6) is 5.75 Å². The summed E-state index contributed by atoms with van der Waals surface area (Å²) in [7, 11) is -4.65. The summed E-state index contributed by atoms with van der Waals surface area (Å²) in [6.45, 7) is 6.14. The summed E-state index contributed by atoms with van der Waals surface area (Å²) in [5.41, 5.74) is 8.54. The summed E-state index contributed by atoms with van der Waals surface area (Å²) in [4.78, 5) is 5.05. The Morgan fingerprint density at radius 1 is 0.706 bits per heavy atom. The fourth-order valence-electron chi connectivity index (χ4n) is 4.75. The molecule has 0 N–H and O–H groups in total. The fourth-order valence-corrected chi connectivity index (χ4v) is 5.08. The van der Waals surface area contributed by atoms with E-state index in [-0.39, 0.29) is 5.75 Å². The third kappa shape index (κ3) is 4.11. The van der Waals surface area contributed by atoms with Crippen LogP contribution in [0, 0.1) is 31.0 Å². The van der Waals surface area contributed by atoms with Gasteiger partial charge in [0.15, 0.2) is 0 Å². The van der Waals surface area contributed by atoms with E-state index in [2.05, 4.69) is 19.1 Å². The lowest BCUT2D eigenvalue weighted by atomic mass is 9.91. The average Bonchev–Trinajstić information content (AvgIpc) is 2.78. The molecule has 0 saturated carbocycles. The minimum absolute atomic E-state index is 0.0441. The van der Waals surface area contributed by atoms with Crippen molar-refractivity contribution >= 4 is 21.8 Å². The molecule has 0 bridgehead atoms. The van der Waals surface area contributed by atoms with Gasteiger partial charge >= 0.3 is 0 Å². The number of pyridine rings is 1. The van der Waals surface area contributed by atoms with E-state index in [1.54, 1.807) is 6.07 Å². The van der Waals surface area contributed by atoms with Crippen molar-refractivity contribution in [2.45, 2.75) is 20.8 Å². The Labute approximate surface area is 199 Å². The maximum Gasteiger partial charge on any atom is 0.297 e. The highest BCUT2D eigenvalue weighted by molar-refractivity contribution is 6.06. The molecule has 0 aliphatic heterocycles. The van der Waals surface area contributed by atoms with Crippen LogP contribution in [0.25, 0.3) is 44.1 Å². The van der Waals surface area contributed by atoms with E-state index in [0.29, 0.717) is 10.9 Å². The molecular weight excluding hydrogens is 450 g/mol. The Kier molecular flexibility index (Phi) is 5.50. The molecule has 0 saturated heterocycles. The first-order chi connectivity index (χ1) is 16.2. The fraction of sp³-hybridized carbons (Fsp3) is 0.107. The van der Waals surface area contributed by atoms with Crippen LogP contribution in [0.2, 0.25) is 0 Å². The summed E-state index contributed by atoms with van der Waals surface area (Å²) in [6.07, 6.45) is 0. The van der Waals surface area contributed by atoms with E-state index >= 15 is 0 Å². The van der Waals surface area contributed by atoms with Gasteiger partial charge in [0, 0.05) is 16.5 Å². The molecule has 0 atom stereocenters. The number of para-hydroxylation sites is 1. The Balaban J connectivity index is 1.88. The van der Waals surface area contributed by atoms with E-state index in [9.17, 15) is 14.0 Å². The maximum absolute atomic E-state index is 11.4. The molecule has 34 heavy (non-hydrogen) atoms. The zero-order chi connectivity index (χ0) is 24.0. The highest BCUT2D eigenvalue weighted by atomic mass is 35.7. The minimum Gasteiger partial charge on any atom is -0.246 e. The van der Waals surface area contributed by atoms with Gasteiger partial charge < -0.3 is 0 Å². The molecule has 0 radical (unpaired) electrons. The number of aromatic nitrogens is 1. The van der Waals surface area contributed by atoms with Crippen LogP contribution in [0.15, 0.2) is 78.9 Å². The third-order valence-corrected chi connectivity index (χ3v) is 6.33. The second-order valence-corrected chi connectivity index (χ2v) is 9.38. The van der Waals surface area contributed by atoms with Crippen LogP contribution in [0.3, 0.4) is 0 Å². The summed E-state index contributed by atoms with van der Waals surface area (Å²) >= 11 is 0. The highest BCUT2D eigenvalue weighted by Crippen LogP contribution is 2.40. The second-order valence-electron chi connectivity index (χ2n) is 8.47. The maximum atomic E-state index is 11.4. The van der Waals surface area contributed by atoms with Crippen LogP contribution < -0.4 is 18.3 Å². The van der Waals surface area contributed by atoms with Gasteiger partial charge in [-0.05, 0) is 61.2 Å². The molecule has 170 valence electrons. The molecule has 1 aromatic heterocycles. The number of aryl methyl sites for hydroxylation is 3. The SMILES string of the molecule is Cc1cc(C)c(-c2ccc(O[Cl+3]([O-])([O-])[O-])c3cc4cccc(-c5ccccc5)c4nc23)c(C)c1. The molecule has 0 unspecified atom stereocenters. The van der Waals surface area contributed by atoms with Crippen LogP contribution in [0.4, 0.5) is 0 Å². The Morgan fingerprint density at radius 3 is 2.09 bits per heavy atom. The van der Waals surface area contributed by atoms with Crippen LogP contribution >= 0.6 is 0 Å². The van der Waals surface area contributed by atoms with Crippen molar-refractivity contribution in [1.82, 2.24) is 4.98 Å². The van der Waals surface area contributed by atoms with E-state index in [1.165, 1.54) is 6.07 Å².